The molecule has 0 atom stereocenters. The van der Waals surface area contributed by atoms with Gasteiger partial charge in [0.25, 0.3) is 5.60 Å². The number of alkyl halides is 9. The molecule has 0 saturated heterocycles. The summed E-state index contributed by atoms with van der Waals surface area (Å²) in [6.45, 7) is 3.14. The topological polar surface area (TPSA) is 23.3 Å². The van der Waals surface area contributed by atoms with Crippen LogP contribution in [0.3, 0.4) is 0 Å². The lowest BCUT2D eigenvalue weighted by molar-refractivity contribution is -0.380. The molecule has 1 fully saturated rings. The molecule has 1 aliphatic rings. The van der Waals surface area contributed by atoms with Crippen LogP contribution in [0.25, 0.3) is 5.32 Å². The lowest BCUT2D eigenvalue weighted by atomic mass is 9.74. The first kappa shape index (κ1) is 26.5. The van der Waals surface area contributed by atoms with Crippen molar-refractivity contribution < 1.29 is 43.9 Å². The highest BCUT2D eigenvalue weighted by molar-refractivity contribution is 6.73. The van der Waals surface area contributed by atoms with Gasteiger partial charge in [-0.2, -0.15) is 39.5 Å². The second-order valence-corrected chi connectivity index (χ2v) is 12.2. The molecule has 174 valence electrons. The third-order valence-electron chi connectivity index (χ3n) is 5.95. The highest BCUT2D eigenvalue weighted by Gasteiger charge is 2.76. The van der Waals surface area contributed by atoms with E-state index in [1.165, 1.54) is 20.8 Å². The molecule has 29 heavy (non-hydrogen) atoms. The Labute approximate surface area is 165 Å². The van der Waals surface area contributed by atoms with Gasteiger partial charge in [-0.15, -0.1) is 6.04 Å². The minimum absolute atomic E-state index is 0.101. The summed E-state index contributed by atoms with van der Waals surface area (Å²) in [5.41, 5.74) is -4.30. The highest BCUT2D eigenvalue weighted by atomic mass is 28.4. The van der Waals surface area contributed by atoms with Crippen LogP contribution in [0.5, 0.6) is 0 Å². The van der Waals surface area contributed by atoms with Crippen LogP contribution in [-0.2, 0) is 4.43 Å². The molecule has 0 aliphatic heterocycles. The van der Waals surface area contributed by atoms with Gasteiger partial charge in [-0.05, 0) is 31.0 Å². The number of hydrogen-bond acceptors (Lipinski definition) is 1. The van der Waals surface area contributed by atoms with Crippen LogP contribution in [-0.4, -0.2) is 45.0 Å². The molecule has 12 heteroatoms. The standard InChI is InChI=1S/C17H27F9NOSi/c1-4-29(5-2,6-3)28-15(16(21,22)23,17(24,25)26)12-7-9-13(10-8-12)27-11-14(18,19)20/h12-13H,4-11H2,1-3H3/q-1. The van der Waals surface area contributed by atoms with E-state index >= 15 is 0 Å². The van der Waals surface area contributed by atoms with Crippen LogP contribution in [0.15, 0.2) is 0 Å². The third kappa shape index (κ3) is 6.02. The van der Waals surface area contributed by atoms with E-state index in [1.807, 2.05) is 0 Å². The van der Waals surface area contributed by atoms with Crippen molar-refractivity contribution in [1.29, 1.82) is 0 Å². The summed E-state index contributed by atoms with van der Waals surface area (Å²) in [4.78, 5) is 0. The van der Waals surface area contributed by atoms with E-state index < -0.39 is 63.8 Å². The zero-order chi connectivity index (χ0) is 22.7. The summed E-state index contributed by atoms with van der Waals surface area (Å²) in [7, 11) is -3.33. The van der Waals surface area contributed by atoms with E-state index in [9.17, 15) is 39.5 Å². The molecule has 0 bridgehead atoms. The lowest BCUT2D eigenvalue weighted by Crippen LogP contribution is -2.67. The predicted octanol–water partition coefficient (Wildman–Crippen LogP) is 7.37. The SMILES string of the molecule is CC[Si](CC)(CC)OC(C1CCC([N-]CC(F)(F)F)CC1)(C(F)(F)F)C(F)(F)F. The molecule has 0 N–H and O–H groups in total. The molecule has 0 aromatic rings. The van der Waals surface area contributed by atoms with Gasteiger partial charge in [0.05, 0.1) is 0 Å². The molecule has 0 heterocycles. The molecule has 0 amide bonds. The van der Waals surface area contributed by atoms with Crippen molar-refractivity contribution in [2.75, 3.05) is 6.54 Å². The largest absolute Gasteiger partial charge is 0.652 e. The van der Waals surface area contributed by atoms with E-state index in [-0.39, 0.29) is 31.0 Å². The zero-order valence-electron chi connectivity index (χ0n) is 16.6. The third-order valence-corrected chi connectivity index (χ3v) is 10.6. The van der Waals surface area contributed by atoms with Gasteiger partial charge in [-0.1, -0.05) is 40.2 Å². The zero-order valence-corrected chi connectivity index (χ0v) is 17.6. The van der Waals surface area contributed by atoms with Gasteiger partial charge in [0.15, 0.2) is 8.32 Å². The Balaban J connectivity index is 3.20. The Hall–Kier alpha value is -0.493. The fourth-order valence-corrected chi connectivity index (χ4v) is 7.04. The number of nitrogens with zero attached hydrogens (tertiary/aromatic N) is 1. The monoisotopic (exact) mass is 460 g/mol. The maximum absolute atomic E-state index is 14.0. The molecule has 1 rings (SSSR count). The highest BCUT2D eigenvalue weighted by Crippen LogP contribution is 2.56. The first-order valence-corrected chi connectivity index (χ1v) is 12.2. The van der Waals surface area contributed by atoms with Gasteiger partial charge in [-0.25, -0.2) is 0 Å². The number of hydrogen-bond donors (Lipinski definition) is 0. The second-order valence-electron chi connectivity index (χ2n) is 7.54. The van der Waals surface area contributed by atoms with E-state index in [0.717, 1.165) is 0 Å². The Morgan fingerprint density at radius 1 is 0.759 bits per heavy atom. The Bertz CT molecular complexity index is 484. The Morgan fingerprint density at radius 2 is 1.17 bits per heavy atom. The molecule has 1 saturated carbocycles. The summed E-state index contributed by atoms with van der Waals surface area (Å²) in [6, 6.07) is -0.601. The average molecular weight is 460 g/mol. The van der Waals surface area contributed by atoms with Crippen LogP contribution in [0.4, 0.5) is 39.5 Å². The van der Waals surface area contributed by atoms with Crippen molar-refractivity contribution in [2.24, 2.45) is 5.92 Å². The average Bonchev–Trinajstić information content (AvgIpc) is 2.59. The van der Waals surface area contributed by atoms with Gasteiger partial charge < -0.3 is 9.74 Å². The Kier molecular flexibility index (Phi) is 8.54. The summed E-state index contributed by atoms with van der Waals surface area (Å²) >= 11 is 0. The maximum Gasteiger partial charge on any atom is 0.425 e. The van der Waals surface area contributed by atoms with Crippen molar-refractivity contribution in [3.05, 3.63) is 5.32 Å². The predicted molar refractivity (Wildman–Crippen MR) is 93.2 cm³/mol. The van der Waals surface area contributed by atoms with Crippen LogP contribution in [0.2, 0.25) is 18.1 Å². The van der Waals surface area contributed by atoms with Gasteiger partial charge in [-0.3, -0.25) is 0 Å². The molecule has 2 nitrogen and oxygen atoms in total. The quantitative estimate of drug-likeness (QED) is 0.274. The fourth-order valence-electron chi connectivity index (χ4n) is 4.03. The normalized spacial score (nSPS) is 22.8. The van der Waals surface area contributed by atoms with Crippen LogP contribution >= 0.6 is 0 Å². The van der Waals surface area contributed by atoms with Gasteiger partial charge in [0.1, 0.15) is 0 Å². The smallest absolute Gasteiger partial charge is 0.425 e. The summed E-state index contributed by atoms with van der Waals surface area (Å²) in [5.74, 6) is -1.91. The summed E-state index contributed by atoms with van der Waals surface area (Å²) < 4.78 is 126. The minimum Gasteiger partial charge on any atom is -0.652 e. The van der Waals surface area contributed by atoms with Gasteiger partial charge >= 0.3 is 18.5 Å². The first-order valence-electron chi connectivity index (χ1n) is 9.64. The molecule has 0 unspecified atom stereocenters. The molecule has 0 aromatic carbocycles. The summed E-state index contributed by atoms with van der Waals surface area (Å²) in [6.07, 6.45) is -17.6. The van der Waals surface area contributed by atoms with Crippen molar-refractivity contribution in [1.82, 2.24) is 0 Å². The van der Waals surface area contributed by atoms with Crippen LogP contribution in [0.1, 0.15) is 46.5 Å². The summed E-state index contributed by atoms with van der Waals surface area (Å²) in [5, 5.41) is 3.40. The van der Waals surface area contributed by atoms with E-state index in [4.69, 9.17) is 4.43 Å². The van der Waals surface area contributed by atoms with Crippen LogP contribution in [0, 0.1) is 5.92 Å². The van der Waals surface area contributed by atoms with E-state index in [2.05, 4.69) is 5.32 Å². The molecule has 0 radical (unpaired) electrons. The van der Waals surface area contributed by atoms with Crippen molar-refractivity contribution in [2.45, 2.75) is 94.8 Å². The maximum atomic E-state index is 14.0. The molecule has 0 aromatic heterocycles. The second kappa shape index (κ2) is 9.33. The fraction of sp³-hybridized carbons (Fsp3) is 1.00. The number of rotatable bonds is 8. The van der Waals surface area contributed by atoms with Crippen molar-refractivity contribution in [3.8, 4) is 0 Å². The van der Waals surface area contributed by atoms with Gasteiger partial charge in [0.2, 0.25) is 0 Å². The first-order chi connectivity index (χ1) is 13.1. The molecular formula is C17H27F9NOSi-. The van der Waals surface area contributed by atoms with Gasteiger partial charge in [0, 0.05) is 5.92 Å². The Morgan fingerprint density at radius 3 is 1.48 bits per heavy atom. The van der Waals surface area contributed by atoms with Crippen molar-refractivity contribution in [3.63, 3.8) is 0 Å². The number of halogens is 9. The van der Waals surface area contributed by atoms with E-state index in [1.54, 1.807) is 0 Å². The van der Waals surface area contributed by atoms with Crippen LogP contribution < -0.4 is 0 Å². The molecular weight excluding hydrogens is 433 g/mol. The van der Waals surface area contributed by atoms with E-state index in [0.29, 0.717) is 0 Å². The van der Waals surface area contributed by atoms with Crippen molar-refractivity contribution >= 4 is 8.32 Å². The molecule has 0 spiro atoms. The molecule has 1 aliphatic carbocycles. The minimum atomic E-state index is -5.69. The lowest BCUT2D eigenvalue weighted by Gasteiger charge is -2.51.